The summed E-state index contributed by atoms with van der Waals surface area (Å²) in [6.07, 6.45) is 2.14. The molecule has 0 radical (unpaired) electrons. The van der Waals surface area contributed by atoms with Gasteiger partial charge in [-0.3, -0.25) is 4.18 Å². The number of hydrogen-bond donors (Lipinski definition) is 1. The molecule has 0 saturated heterocycles. The zero-order valence-corrected chi connectivity index (χ0v) is 10.2. The van der Waals surface area contributed by atoms with Crippen molar-refractivity contribution >= 4 is 10.2 Å². The highest BCUT2D eigenvalue weighted by molar-refractivity contribution is 7.86. The molecule has 0 spiro atoms. The summed E-state index contributed by atoms with van der Waals surface area (Å²) in [4.78, 5) is 0. The van der Waals surface area contributed by atoms with Gasteiger partial charge in [0.05, 0.1) is 13.7 Å². The molecule has 0 rings (SSSR count). The Morgan fingerprint density at radius 1 is 1.43 bits per heavy atom. The zero-order chi connectivity index (χ0) is 11.2. The third-order valence-corrected chi connectivity index (χ3v) is 3.04. The van der Waals surface area contributed by atoms with E-state index in [-0.39, 0.29) is 0 Å². The molecule has 0 aliphatic rings. The Morgan fingerprint density at radius 3 is 2.43 bits per heavy atom. The normalized spacial score (nSPS) is 17.2. The second-order valence-corrected chi connectivity index (χ2v) is 4.90. The Hall–Kier alpha value is -0.390. The smallest absolute Gasteiger partial charge is 0.228 e. The lowest BCUT2D eigenvalue weighted by atomic mass is 10.1. The van der Waals surface area contributed by atoms with Gasteiger partial charge in [-0.05, 0) is 20.3 Å². The van der Waals surface area contributed by atoms with E-state index in [0.29, 0.717) is 6.54 Å². The van der Waals surface area contributed by atoms with Gasteiger partial charge in [-0.25, -0.2) is 9.35 Å². The van der Waals surface area contributed by atoms with Gasteiger partial charge >= 0.3 is 0 Å². The quantitative estimate of drug-likeness (QED) is 0.720. The lowest BCUT2D eigenvalue weighted by molar-refractivity contribution is 0.436. The fourth-order valence-electron chi connectivity index (χ4n) is 0.963. The van der Waals surface area contributed by atoms with Crippen molar-refractivity contribution in [1.82, 2.24) is 0 Å². The molecule has 0 aromatic rings. The standard InChI is InChI=1S/C9H20N2O2S/c1-5-6-8(2)9(3)7-11-14(10,12)13-4/h5-7H2,1-4H3,(H2,10,11,12). The number of nitrogens with two attached hydrogens (primary N) is 1. The first-order chi connectivity index (χ1) is 6.43. The summed E-state index contributed by atoms with van der Waals surface area (Å²) in [7, 11) is -1.63. The maximum atomic E-state index is 11.2. The van der Waals surface area contributed by atoms with E-state index in [0.717, 1.165) is 18.4 Å². The van der Waals surface area contributed by atoms with Crippen LogP contribution in [0.4, 0.5) is 0 Å². The molecule has 84 valence electrons. The van der Waals surface area contributed by atoms with Crippen molar-refractivity contribution in [3.05, 3.63) is 11.1 Å². The molecule has 1 atom stereocenters. The molecule has 0 heterocycles. The molecule has 0 bridgehead atoms. The lowest BCUT2D eigenvalue weighted by Gasteiger charge is -2.05. The van der Waals surface area contributed by atoms with Gasteiger partial charge in [0.2, 0.25) is 10.2 Å². The second-order valence-electron chi connectivity index (χ2n) is 3.28. The minimum atomic E-state index is -2.92. The fraction of sp³-hybridized carbons (Fsp3) is 0.778. The van der Waals surface area contributed by atoms with E-state index in [2.05, 4.69) is 22.4 Å². The maximum Gasteiger partial charge on any atom is 0.228 e. The van der Waals surface area contributed by atoms with Gasteiger partial charge in [-0.2, -0.15) is 4.36 Å². The molecule has 0 aromatic heterocycles. The molecular formula is C9H20N2O2S. The van der Waals surface area contributed by atoms with Crippen LogP contribution in [-0.2, 0) is 14.4 Å². The van der Waals surface area contributed by atoms with Crippen LogP contribution < -0.4 is 5.14 Å². The van der Waals surface area contributed by atoms with Gasteiger partial charge in [0.25, 0.3) is 0 Å². The van der Waals surface area contributed by atoms with Crippen molar-refractivity contribution in [2.45, 2.75) is 33.6 Å². The Bertz CT molecular complexity index is 315. The molecule has 0 fully saturated rings. The molecule has 0 amide bonds. The predicted molar refractivity (Wildman–Crippen MR) is 59.9 cm³/mol. The van der Waals surface area contributed by atoms with Crippen molar-refractivity contribution in [1.29, 1.82) is 0 Å². The highest BCUT2D eigenvalue weighted by Crippen LogP contribution is 2.10. The van der Waals surface area contributed by atoms with E-state index >= 15 is 0 Å². The zero-order valence-electron chi connectivity index (χ0n) is 9.37. The van der Waals surface area contributed by atoms with Crippen molar-refractivity contribution in [3.8, 4) is 0 Å². The Kier molecular flexibility index (Phi) is 5.99. The van der Waals surface area contributed by atoms with Crippen LogP contribution in [-0.4, -0.2) is 17.9 Å². The third kappa shape index (κ3) is 5.36. The summed E-state index contributed by atoms with van der Waals surface area (Å²) in [6.45, 7) is 6.53. The van der Waals surface area contributed by atoms with Crippen LogP contribution in [0.5, 0.6) is 0 Å². The van der Waals surface area contributed by atoms with Gasteiger partial charge in [-0.15, -0.1) is 0 Å². The van der Waals surface area contributed by atoms with E-state index < -0.39 is 10.2 Å². The number of rotatable bonds is 5. The molecule has 0 aliphatic heterocycles. The van der Waals surface area contributed by atoms with E-state index in [4.69, 9.17) is 5.14 Å². The first-order valence-electron chi connectivity index (χ1n) is 4.64. The predicted octanol–water partition coefficient (Wildman–Crippen LogP) is 2.03. The highest BCUT2D eigenvalue weighted by Gasteiger charge is 1.99. The van der Waals surface area contributed by atoms with Crippen LogP contribution in [0.2, 0.25) is 0 Å². The maximum absolute atomic E-state index is 11.2. The lowest BCUT2D eigenvalue weighted by Crippen LogP contribution is -2.14. The van der Waals surface area contributed by atoms with Crippen molar-refractivity contribution in [2.24, 2.45) is 9.50 Å². The van der Waals surface area contributed by atoms with Crippen LogP contribution in [0.15, 0.2) is 15.5 Å². The first-order valence-corrected chi connectivity index (χ1v) is 6.14. The first kappa shape index (κ1) is 13.6. The summed E-state index contributed by atoms with van der Waals surface area (Å²) < 4.78 is 19.6. The number of hydrogen-bond acceptors (Lipinski definition) is 3. The average molecular weight is 220 g/mol. The molecule has 0 aromatic carbocycles. The van der Waals surface area contributed by atoms with Crippen molar-refractivity contribution in [2.75, 3.05) is 13.7 Å². The summed E-state index contributed by atoms with van der Waals surface area (Å²) in [5.41, 5.74) is 2.39. The van der Waals surface area contributed by atoms with Gasteiger partial charge in [0, 0.05) is 0 Å². The van der Waals surface area contributed by atoms with E-state index in [1.165, 1.54) is 12.7 Å². The summed E-state index contributed by atoms with van der Waals surface area (Å²) in [6, 6.07) is 0. The minimum Gasteiger partial charge on any atom is -0.277 e. The monoisotopic (exact) mass is 220 g/mol. The van der Waals surface area contributed by atoms with E-state index in [9.17, 15) is 4.21 Å². The fourth-order valence-corrected chi connectivity index (χ4v) is 1.44. The second kappa shape index (κ2) is 6.16. The van der Waals surface area contributed by atoms with Gasteiger partial charge in [-0.1, -0.05) is 24.5 Å². The Morgan fingerprint density at radius 2 is 2.00 bits per heavy atom. The summed E-state index contributed by atoms with van der Waals surface area (Å²) >= 11 is 0. The van der Waals surface area contributed by atoms with Crippen LogP contribution in [0.25, 0.3) is 0 Å². The van der Waals surface area contributed by atoms with Crippen LogP contribution >= 0.6 is 0 Å². The molecular weight excluding hydrogens is 200 g/mol. The molecule has 0 saturated carbocycles. The molecule has 14 heavy (non-hydrogen) atoms. The molecule has 5 heteroatoms. The molecule has 1 unspecified atom stereocenters. The van der Waals surface area contributed by atoms with E-state index in [1.54, 1.807) is 0 Å². The van der Waals surface area contributed by atoms with Gasteiger partial charge in [0.1, 0.15) is 0 Å². The van der Waals surface area contributed by atoms with Crippen LogP contribution in [0.1, 0.15) is 33.6 Å². The van der Waals surface area contributed by atoms with E-state index in [1.807, 2.05) is 6.92 Å². The molecule has 0 aliphatic carbocycles. The largest absolute Gasteiger partial charge is 0.277 e. The number of allylic oxidation sites excluding steroid dienone is 1. The Balaban J connectivity index is 4.48. The third-order valence-electron chi connectivity index (χ3n) is 2.07. The highest BCUT2D eigenvalue weighted by atomic mass is 32.2. The van der Waals surface area contributed by atoms with Gasteiger partial charge < -0.3 is 0 Å². The average Bonchev–Trinajstić information content (AvgIpc) is 2.15. The SMILES string of the molecule is CCCC(C)=C(C)CN=S(N)(=O)OC. The molecule has 4 nitrogen and oxygen atoms in total. The summed E-state index contributed by atoms with van der Waals surface area (Å²) in [5, 5.41) is 5.25. The van der Waals surface area contributed by atoms with Crippen molar-refractivity contribution in [3.63, 3.8) is 0 Å². The van der Waals surface area contributed by atoms with Gasteiger partial charge in [0.15, 0.2) is 0 Å². The number of nitrogens with zero attached hydrogens (tertiary/aromatic N) is 1. The van der Waals surface area contributed by atoms with Crippen LogP contribution in [0, 0.1) is 0 Å². The van der Waals surface area contributed by atoms with Crippen molar-refractivity contribution < 1.29 is 8.39 Å². The minimum absolute atomic E-state index is 0.384. The molecule has 2 N–H and O–H groups in total. The Labute approximate surface area is 87.0 Å². The van der Waals surface area contributed by atoms with Crippen LogP contribution in [0.3, 0.4) is 0 Å². The summed E-state index contributed by atoms with van der Waals surface area (Å²) in [5.74, 6) is 0. The topological polar surface area (TPSA) is 64.7 Å².